The van der Waals surface area contributed by atoms with E-state index in [1.54, 1.807) is 36.8 Å². The molecule has 0 bridgehead atoms. The molecule has 0 saturated heterocycles. The van der Waals surface area contributed by atoms with E-state index in [9.17, 15) is 9.18 Å². The molecular weight excluding hydrogens is 564 g/mol. The highest BCUT2D eigenvalue weighted by Crippen LogP contribution is 2.35. The number of rotatable bonds is 9. The van der Waals surface area contributed by atoms with Gasteiger partial charge in [0.25, 0.3) is 0 Å². The van der Waals surface area contributed by atoms with Gasteiger partial charge in [0.05, 0.1) is 28.6 Å². The summed E-state index contributed by atoms with van der Waals surface area (Å²) >= 11 is 0. The van der Waals surface area contributed by atoms with Crippen LogP contribution in [-0.2, 0) is 4.79 Å². The molecule has 10 nitrogen and oxygen atoms in total. The van der Waals surface area contributed by atoms with E-state index >= 15 is 4.39 Å². The summed E-state index contributed by atoms with van der Waals surface area (Å²) in [6.45, 7) is 1.45. The van der Waals surface area contributed by atoms with Crippen LogP contribution in [0.5, 0.6) is 0 Å². The van der Waals surface area contributed by atoms with Gasteiger partial charge in [0.1, 0.15) is 22.8 Å². The lowest BCUT2D eigenvalue weighted by atomic mass is 10.0. The predicted molar refractivity (Wildman–Crippen MR) is 166 cm³/mol. The summed E-state index contributed by atoms with van der Waals surface area (Å²) in [4.78, 5) is 31.2. The number of aromatic nitrogens is 6. The van der Waals surface area contributed by atoms with Gasteiger partial charge in [0.15, 0.2) is 5.82 Å². The molecule has 1 amide bonds. The number of benzene rings is 2. The van der Waals surface area contributed by atoms with Gasteiger partial charge < -0.3 is 20.5 Å². The lowest BCUT2D eigenvalue weighted by Gasteiger charge is -2.12. The fourth-order valence-corrected chi connectivity index (χ4v) is 5.20. The molecule has 0 radical (unpaired) electrons. The Bertz CT molecular complexity index is 2030. The second-order valence-corrected chi connectivity index (χ2v) is 11.3. The smallest absolute Gasteiger partial charge is 0.227 e. The Morgan fingerprint density at radius 2 is 1.84 bits per heavy atom. The van der Waals surface area contributed by atoms with Crippen molar-refractivity contribution >= 4 is 39.2 Å². The largest absolute Gasteiger partial charge is 0.384 e. The van der Waals surface area contributed by atoms with E-state index in [1.165, 1.54) is 18.2 Å². The van der Waals surface area contributed by atoms with Gasteiger partial charge in [0, 0.05) is 65.2 Å². The average molecular weight is 594 g/mol. The highest BCUT2D eigenvalue weighted by molar-refractivity contribution is 5.98. The topological polar surface area (TPSA) is 128 Å². The van der Waals surface area contributed by atoms with Crippen LogP contribution in [0.3, 0.4) is 0 Å². The summed E-state index contributed by atoms with van der Waals surface area (Å²) in [6, 6.07) is 11.3. The maximum absolute atomic E-state index is 15.3. The van der Waals surface area contributed by atoms with Crippen molar-refractivity contribution in [3.63, 3.8) is 0 Å². The standard InChI is InChI=1S/C32H29F2N9O/c1-43(2)8-7-36-21-10-18(9-20(33)12-21)28-30-26(5-6-37-28)39-31(40-30)29-24-13-23(25(34)14-27(24)41-42-29)19-11-22(16-35-15-19)38-32(44)17-3-4-17/h5-6,9-17,36H,3-4,7-8H2,1-2H3,(H,38,44)(H,39,40)(H,41,42). The summed E-state index contributed by atoms with van der Waals surface area (Å²) in [5.41, 5.74) is 5.30. The quantitative estimate of drug-likeness (QED) is 0.166. The minimum atomic E-state index is -0.461. The monoisotopic (exact) mass is 593 g/mol. The Morgan fingerprint density at radius 3 is 2.66 bits per heavy atom. The first-order valence-corrected chi connectivity index (χ1v) is 14.3. The number of halogens is 2. The molecule has 2 aromatic carbocycles. The van der Waals surface area contributed by atoms with Gasteiger partial charge in [-0.1, -0.05) is 0 Å². The van der Waals surface area contributed by atoms with Crippen molar-refractivity contribution < 1.29 is 13.6 Å². The van der Waals surface area contributed by atoms with Crippen molar-refractivity contribution in [2.24, 2.45) is 5.92 Å². The molecule has 0 atom stereocenters. The van der Waals surface area contributed by atoms with Crippen molar-refractivity contribution in [1.29, 1.82) is 0 Å². The number of imidazole rings is 1. The lowest BCUT2D eigenvalue weighted by Crippen LogP contribution is -2.20. The number of H-pyrrole nitrogens is 2. The Balaban J connectivity index is 1.25. The number of nitrogens with zero attached hydrogens (tertiary/aromatic N) is 5. The highest BCUT2D eigenvalue weighted by Gasteiger charge is 2.29. The maximum Gasteiger partial charge on any atom is 0.227 e. The van der Waals surface area contributed by atoms with Gasteiger partial charge in [-0.15, -0.1) is 0 Å². The maximum atomic E-state index is 15.3. The number of hydrogen-bond acceptors (Lipinski definition) is 7. The van der Waals surface area contributed by atoms with Gasteiger partial charge in [-0.25, -0.2) is 13.8 Å². The number of anilines is 2. The van der Waals surface area contributed by atoms with Gasteiger partial charge in [-0.05, 0) is 63.3 Å². The van der Waals surface area contributed by atoms with E-state index in [4.69, 9.17) is 4.98 Å². The first kappa shape index (κ1) is 27.6. The number of amides is 1. The van der Waals surface area contributed by atoms with Gasteiger partial charge in [0.2, 0.25) is 5.91 Å². The second kappa shape index (κ2) is 11.1. The molecule has 1 saturated carbocycles. The third kappa shape index (κ3) is 5.47. The molecule has 4 heterocycles. The zero-order valence-corrected chi connectivity index (χ0v) is 24.1. The molecule has 44 heavy (non-hydrogen) atoms. The summed E-state index contributed by atoms with van der Waals surface area (Å²) in [6.07, 6.45) is 6.50. The normalized spacial score (nSPS) is 13.2. The third-order valence-corrected chi connectivity index (χ3v) is 7.60. The number of carbonyl (C=O) groups excluding carboxylic acids is 1. The van der Waals surface area contributed by atoms with Crippen molar-refractivity contribution in [2.45, 2.75) is 12.8 Å². The number of likely N-dealkylation sites (N-methyl/N-ethyl adjacent to an activating group) is 1. The number of hydrogen-bond donors (Lipinski definition) is 4. The second-order valence-electron chi connectivity index (χ2n) is 11.3. The molecule has 1 aliphatic carbocycles. The van der Waals surface area contributed by atoms with E-state index in [0.29, 0.717) is 73.8 Å². The Morgan fingerprint density at radius 1 is 1.00 bits per heavy atom. The predicted octanol–water partition coefficient (Wildman–Crippen LogP) is 5.83. The van der Waals surface area contributed by atoms with Crippen LogP contribution >= 0.6 is 0 Å². The minimum Gasteiger partial charge on any atom is -0.384 e. The van der Waals surface area contributed by atoms with Gasteiger partial charge >= 0.3 is 0 Å². The number of fused-ring (bicyclic) bond motifs is 2. The number of pyridine rings is 2. The van der Waals surface area contributed by atoms with Crippen molar-refractivity contribution in [2.75, 3.05) is 37.8 Å². The summed E-state index contributed by atoms with van der Waals surface area (Å²) in [7, 11) is 3.95. The number of aromatic amines is 2. The molecule has 0 unspecified atom stereocenters. The van der Waals surface area contributed by atoms with Crippen LogP contribution in [0, 0.1) is 17.6 Å². The molecule has 7 rings (SSSR count). The van der Waals surface area contributed by atoms with Crippen molar-refractivity contribution in [1.82, 2.24) is 35.0 Å². The van der Waals surface area contributed by atoms with Crippen LogP contribution in [0.4, 0.5) is 20.2 Å². The molecule has 1 aliphatic rings. The Kier molecular flexibility index (Phi) is 6.97. The molecule has 12 heteroatoms. The molecule has 6 aromatic rings. The number of nitrogens with one attached hydrogen (secondary N) is 4. The van der Waals surface area contributed by atoms with Gasteiger partial charge in [-0.3, -0.25) is 19.9 Å². The molecule has 4 aromatic heterocycles. The summed E-state index contributed by atoms with van der Waals surface area (Å²) < 4.78 is 30.0. The van der Waals surface area contributed by atoms with Crippen LogP contribution in [0.25, 0.3) is 55.8 Å². The molecule has 1 fully saturated rings. The molecule has 0 spiro atoms. The Labute approximate surface area is 250 Å². The molecular formula is C32H29F2N9O. The van der Waals surface area contributed by atoms with Crippen LogP contribution in [-0.4, -0.2) is 68.1 Å². The minimum absolute atomic E-state index is 0.0347. The van der Waals surface area contributed by atoms with E-state index in [0.717, 1.165) is 19.4 Å². The zero-order valence-electron chi connectivity index (χ0n) is 24.1. The summed E-state index contributed by atoms with van der Waals surface area (Å²) in [5, 5.41) is 14.1. The average Bonchev–Trinajstić information content (AvgIpc) is 3.64. The van der Waals surface area contributed by atoms with Gasteiger partial charge in [-0.2, -0.15) is 5.10 Å². The van der Waals surface area contributed by atoms with E-state index in [1.807, 2.05) is 25.1 Å². The zero-order chi connectivity index (χ0) is 30.4. The Hall–Kier alpha value is -5.23. The first-order valence-electron chi connectivity index (χ1n) is 14.3. The lowest BCUT2D eigenvalue weighted by molar-refractivity contribution is -0.117. The fourth-order valence-electron chi connectivity index (χ4n) is 5.20. The first-order chi connectivity index (χ1) is 21.3. The van der Waals surface area contributed by atoms with Crippen molar-refractivity contribution in [3.05, 3.63) is 72.7 Å². The van der Waals surface area contributed by atoms with E-state index in [2.05, 4.69) is 35.8 Å². The van der Waals surface area contributed by atoms with Crippen LogP contribution in [0.1, 0.15) is 12.8 Å². The van der Waals surface area contributed by atoms with Crippen LogP contribution < -0.4 is 10.6 Å². The van der Waals surface area contributed by atoms with Crippen LogP contribution in [0.2, 0.25) is 0 Å². The molecule has 4 N–H and O–H groups in total. The molecule has 0 aliphatic heterocycles. The molecule has 222 valence electrons. The van der Waals surface area contributed by atoms with Crippen molar-refractivity contribution in [3.8, 4) is 33.9 Å². The summed E-state index contributed by atoms with van der Waals surface area (Å²) in [5.74, 6) is -0.416. The van der Waals surface area contributed by atoms with Crippen LogP contribution in [0.15, 0.2) is 61.1 Å². The fraction of sp³-hybridized carbons (Fsp3) is 0.219. The van der Waals surface area contributed by atoms with E-state index < -0.39 is 5.82 Å². The third-order valence-electron chi connectivity index (χ3n) is 7.60. The number of carbonyl (C=O) groups is 1. The highest BCUT2D eigenvalue weighted by atomic mass is 19.1. The SMILES string of the molecule is CN(C)CCNc1cc(F)cc(-c2nccc3[nH]c(-c4n[nH]c5cc(F)c(-c6cncc(NC(=O)C7CC7)c6)cc45)nc23)c1. The van der Waals surface area contributed by atoms with E-state index in [-0.39, 0.29) is 17.6 Å².